The van der Waals surface area contributed by atoms with Gasteiger partial charge in [0.25, 0.3) is 0 Å². The lowest BCUT2D eigenvalue weighted by molar-refractivity contribution is -0.134. The van der Waals surface area contributed by atoms with Gasteiger partial charge in [-0.3, -0.25) is 9.78 Å². The Kier molecular flexibility index (Phi) is 7.54. The second kappa shape index (κ2) is 9.66. The fourth-order valence-electron chi connectivity index (χ4n) is 3.19. The molecule has 28 heavy (non-hydrogen) atoms. The molecule has 1 aromatic heterocycles. The Hall–Kier alpha value is -2.44. The van der Waals surface area contributed by atoms with Gasteiger partial charge in [0, 0.05) is 51.4 Å². The summed E-state index contributed by atoms with van der Waals surface area (Å²) in [6.45, 7) is 9.23. The lowest BCUT2D eigenvalue weighted by atomic mass is 10.1. The van der Waals surface area contributed by atoms with Crippen LogP contribution in [-0.4, -0.2) is 57.8 Å². The molecule has 2 amide bonds. The molecule has 0 radical (unpaired) electrons. The lowest BCUT2D eigenvalue weighted by Crippen LogP contribution is -2.38. The van der Waals surface area contributed by atoms with Crippen molar-refractivity contribution in [3.05, 3.63) is 30.1 Å². The lowest BCUT2D eigenvalue weighted by Gasteiger charge is -2.27. The van der Waals surface area contributed by atoms with Gasteiger partial charge < -0.3 is 19.3 Å². The highest BCUT2D eigenvalue weighted by Crippen LogP contribution is 2.21. The second-order valence-corrected chi connectivity index (χ2v) is 8.42. The van der Waals surface area contributed by atoms with Crippen LogP contribution in [0.4, 0.5) is 4.79 Å². The maximum Gasteiger partial charge on any atom is 0.410 e. The van der Waals surface area contributed by atoms with E-state index in [-0.39, 0.29) is 36.5 Å². The summed E-state index contributed by atoms with van der Waals surface area (Å²) in [7, 11) is 0. The zero-order chi connectivity index (χ0) is 20.7. The van der Waals surface area contributed by atoms with Crippen molar-refractivity contribution in [2.24, 2.45) is 5.92 Å². The number of rotatable bonds is 7. The van der Waals surface area contributed by atoms with Gasteiger partial charge in [-0.25, -0.2) is 4.79 Å². The van der Waals surface area contributed by atoms with Crippen LogP contribution in [0.5, 0.6) is 0 Å². The predicted molar refractivity (Wildman–Crippen MR) is 105 cm³/mol. The smallest absolute Gasteiger partial charge is 0.410 e. The number of aromatic nitrogens is 1. The van der Waals surface area contributed by atoms with Gasteiger partial charge in [-0.05, 0) is 51.7 Å². The molecule has 1 atom stereocenters. The number of carbonyl (C=O) groups is 3. The molecule has 2 heterocycles. The van der Waals surface area contributed by atoms with Crippen molar-refractivity contribution < 1.29 is 19.1 Å². The maximum atomic E-state index is 12.7. The molecule has 1 aliphatic heterocycles. The third kappa shape index (κ3) is 7.29. The third-order valence-corrected chi connectivity index (χ3v) is 4.56. The summed E-state index contributed by atoms with van der Waals surface area (Å²) in [4.78, 5) is 43.8. The van der Waals surface area contributed by atoms with Crippen molar-refractivity contribution in [1.29, 1.82) is 0 Å². The highest BCUT2D eigenvalue weighted by molar-refractivity contribution is 5.83. The monoisotopic (exact) mass is 389 g/mol. The van der Waals surface area contributed by atoms with Crippen molar-refractivity contribution in [2.45, 2.75) is 59.1 Å². The van der Waals surface area contributed by atoms with Gasteiger partial charge >= 0.3 is 6.09 Å². The summed E-state index contributed by atoms with van der Waals surface area (Å²) in [5.41, 5.74) is 0.421. The van der Waals surface area contributed by atoms with Gasteiger partial charge in [0.2, 0.25) is 5.91 Å². The molecule has 2 rings (SSSR count). The minimum absolute atomic E-state index is 0.00615. The Morgan fingerprint density at radius 2 is 2.04 bits per heavy atom. The Morgan fingerprint density at radius 1 is 1.29 bits per heavy atom. The summed E-state index contributed by atoms with van der Waals surface area (Å²) in [5, 5.41) is 0. The molecular formula is C21H31N3O4. The molecule has 0 bridgehead atoms. The second-order valence-electron chi connectivity index (χ2n) is 8.42. The molecule has 7 nitrogen and oxygen atoms in total. The summed E-state index contributed by atoms with van der Waals surface area (Å²) < 4.78 is 5.44. The van der Waals surface area contributed by atoms with Gasteiger partial charge in [0.15, 0.2) is 0 Å². The van der Waals surface area contributed by atoms with Crippen LogP contribution in [0, 0.1) is 5.92 Å². The van der Waals surface area contributed by atoms with E-state index in [1.165, 1.54) is 6.92 Å². The minimum Gasteiger partial charge on any atom is -0.444 e. The fraction of sp³-hybridized carbons (Fsp3) is 0.619. The average Bonchev–Trinajstić information content (AvgIpc) is 3.07. The van der Waals surface area contributed by atoms with E-state index >= 15 is 0 Å². The molecule has 1 unspecified atom stereocenters. The van der Waals surface area contributed by atoms with Crippen LogP contribution in [0.3, 0.4) is 0 Å². The van der Waals surface area contributed by atoms with Crippen LogP contribution in [0.1, 0.15) is 52.5 Å². The van der Waals surface area contributed by atoms with Crippen molar-refractivity contribution in [3.63, 3.8) is 0 Å². The van der Waals surface area contributed by atoms with E-state index < -0.39 is 5.60 Å². The topological polar surface area (TPSA) is 79.8 Å². The number of amides is 2. The molecule has 1 aliphatic rings. The molecule has 0 aliphatic carbocycles. The van der Waals surface area contributed by atoms with Crippen LogP contribution >= 0.6 is 0 Å². The Balaban J connectivity index is 1.98. The number of carbonyl (C=O) groups excluding carboxylic acids is 3. The largest absolute Gasteiger partial charge is 0.444 e. The highest BCUT2D eigenvalue weighted by Gasteiger charge is 2.31. The zero-order valence-corrected chi connectivity index (χ0v) is 17.3. The summed E-state index contributed by atoms with van der Waals surface area (Å²) in [6.07, 6.45) is 4.41. The Morgan fingerprint density at radius 3 is 2.64 bits per heavy atom. The van der Waals surface area contributed by atoms with E-state index in [9.17, 15) is 14.4 Å². The van der Waals surface area contributed by atoms with Crippen LogP contribution in [0.2, 0.25) is 0 Å². The number of hydrogen-bond acceptors (Lipinski definition) is 5. The molecule has 1 fully saturated rings. The van der Waals surface area contributed by atoms with E-state index in [4.69, 9.17) is 4.74 Å². The minimum atomic E-state index is -0.524. The average molecular weight is 389 g/mol. The summed E-state index contributed by atoms with van der Waals surface area (Å²) in [6, 6.07) is 3.77. The van der Waals surface area contributed by atoms with Crippen LogP contribution in [0.25, 0.3) is 0 Å². The van der Waals surface area contributed by atoms with E-state index in [0.29, 0.717) is 26.2 Å². The zero-order valence-electron chi connectivity index (χ0n) is 17.3. The summed E-state index contributed by atoms with van der Waals surface area (Å²) >= 11 is 0. The maximum absolute atomic E-state index is 12.7. The van der Waals surface area contributed by atoms with E-state index in [1.807, 2.05) is 32.9 Å². The SMILES string of the molecule is CC(=O)CCC(=O)N(Cc1cccnc1)CC1CCN(C(=O)OC(C)(C)C)C1. The number of pyridine rings is 1. The number of ketones is 1. The molecule has 0 N–H and O–H groups in total. The van der Waals surface area contributed by atoms with Gasteiger partial charge in [0.1, 0.15) is 11.4 Å². The van der Waals surface area contributed by atoms with Crippen LogP contribution in [0.15, 0.2) is 24.5 Å². The first-order valence-corrected chi connectivity index (χ1v) is 9.78. The first-order valence-electron chi connectivity index (χ1n) is 9.78. The standard InChI is InChI=1S/C21H31N3O4/c1-16(25)7-8-19(26)24(13-17-6-5-10-22-12-17)15-18-9-11-23(14-18)20(27)28-21(2,3)4/h5-6,10,12,18H,7-9,11,13-15H2,1-4H3. The molecule has 0 spiro atoms. The molecular weight excluding hydrogens is 358 g/mol. The first-order chi connectivity index (χ1) is 13.1. The normalized spacial score (nSPS) is 16.7. The number of likely N-dealkylation sites (tertiary alicyclic amines) is 1. The van der Waals surface area contributed by atoms with Gasteiger partial charge in [-0.15, -0.1) is 0 Å². The molecule has 154 valence electrons. The number of ether oxygens (including phenoxy) is 1. The van der Waals surface area contributed by atoms with Gasteiger partial charge in [-0.2, -0.15) is 0 Å². The van der Waals surface area contributed by atoms with Crippen LogP contribution in [-0.2, 0) is 20.9 Å². The van der Waals surface area contributed by atoms with Crippen molar-refractivity contribution in [2.75, 3.05) is 19.6 Å². The molecule has 1 aromatic rings. The number of nitrogens with zero attached hydrogens (tertiary/aromatic N) is 3. The number of Topliss-reactive ketones (excluding diaryl/α,β-unsaturated/α-hetero) is 1. The number of hydrogen-bond donors (Lipinski definition) is 0. The summed E-state index contributed by atoms with van der Waals surface area (Å²) in [5.74, 6) is 0.145. The van der Waals surface area contributed by atoms with Gasteiger partial charge in [-0.1, -0.05) is 6.07 Å². The van der Waals surface area contributed by atoms with Crippen molar-refractivity contribution in [3.8, 4) is 0 Å². The van der Waals surface area contributed by atoms with Gasteiger partial charge in [0.05, 0.1) is 0 Å². The van der Waals surface area contributed by atoms with E-state index in [2.05, 4.69) is 4.98 Å². The van der Waals surface area contributed by atoms with Crippen LogP contribution < -0.4 is 0 Å². The third-order valence-electron chi connectivity index (χ3n) is 4.56. The molecule has 7 heteroatoms. The van der Waals surface area contributed by atoms with E-state index in [0.717, 1.165) is 12.0 Å². The van der Waals surface area contributed by atoms with Crippen molar-refractivity contribution in [1.82, 2.24) is 14.8 Å². The predicted octanol–water partition coefficient (Wildman–Crippen LogP) is 3.04. The molecule has 0 aromatic carbocycles. The molecule has 1 saturated heterocycles. The molecule has 0 saturated carbocycles. The first kappa shape index (κ1) is 21.9. The van der Waals surface area contributed by atoms with Crippen molar-refractivity contribution >= 4 is 17.8 Å². The van der Waals surface area contributed by atoms with E-state index in [1.54, 1.807) is 22.2 Å². The fourth-order valence-corrected chi connectivity index (χ4v) is 3.19. The highest BCUT2D eigenvalue weighted by atomic mass is 16.6. The Labute approximate surface area is 167 Å². The Bertz CT molecular complexity index is 685. The quantitative estimate of drug-likeness (QED) is 0.716.